The van der Waals surface area contributed by atoms with Crippen LogP contribution in [0.5, 0.6) is 0 Å². The Labute approximate surface area is 168 Å². The lowest BCUT2D eigenvalue weighted by atomic mass is 9.92. The van der Waals surface area contributed by atoms with Gasteiger partial charge < -0.3 is 15.5 Å². The Bertz CT molecular complexity index is 1000. The smallest absolute Gasteiger partial charge is 0.258 e. The molecule has 0 saturated carbocycles. The van der Waals surface area contributed by atoms with Crippen molar-refractivity contribution in [2.24, 2.45) is 0 Å². The van der Waals surface area contributed by atoms with E-state index >= 15 is 0 Å². The molecule has 0 bridgehead atoms. The van der Waals surface area contributed by atoms with Crippen LogP contribution >= 0.6 is 0 Å². The zero-order valence-corrected chi connectivity index (χ0v) is 16.7. The number of hydrogen-bond donors (Lipinski definition) is 3. The van der Waals surface area contributed by atoms with Gasteiger partial charge in [0.25, 0.3) is 5.56 Å². The summed E-state index contributed by atoms with van der Waals surface area (Å²) in [7, 11) is 0. The molecule has 0 radical (unpaired) electrons. The molecule has 2 amide bonds. The first-order chi connectivity index (χ1) is 13.9. The number of aromatic nitrogens is 2. The van der Waals surface area contributed by atoms with Crippen LogP contribution in [0.3, 0.4) is 0 Å². The fraction of sp³-hybridized carbons (Fsp3) is 0.429. The molecule has 152 valence electrons. The fourth-order valence-corrected chi connectivity index (χ4v) is 4.12. The molecule has 2 aliphatic rings. The Morgan fingerprint density at radius 1 is 1.10 bits per heavy atom. The fourth-order valence-electron chi connectivity index (χ4n) is 4.12. The van der Waals surface area contributed by atoms with Gasteiger partial charge in [-0.3, -0.25) is 19.4 Å². The second-order valence-corrected chi connectivity index (χ2v) is 7.87. The van der Waals surface area contributed by atoms with Crippen LogP contribution in [0.4, 0.5) is 17.5 Å². The molecule has 1 saturated heterocycles. The molecule has 1 fully saturated rings. The average molecular weight is 395 g/mol. The highest BCUT2D eigenvalue weighted by Gasteiger charge is 2.35. The van der Waals surface area contributed by atoms with Crippen molar-refractivity contribution in [1.29, 1.82) is 0 Å². The van der Waals surface area contributed by atoms with Crippen LogP contribution in [-0.2, 0) is 9.59 Å². The maximum absolute atomic E-state index is 13.0. The zero-order valence-electron chi connectivity index (χ0n) is 16.7. The molecule has 3 heterocycles. The van der Waals surface area contributed by atoms with Crippen molar-refractivity contribution in [2.45, 2.75) is 45.4 Å². The number of carbonyl (C=O) groups is 2. The first kappa shape index (κ1) is 19.2. The van der Waals surface area contributed by atoms with Crippen molar-refractivity contribution in [3.8, 4) is 0 Å². The summed E-state index contributed by atoms with van der Waals surface area (Å²) in [5, 5.41) is 5.52. The number of aryl methyl sites for hydroxylation is 2. The summed E-state index contributed by atoms with van der Waals surface area (Å²) < 4.78 is 0. The second kappa shape index (κ2) is 7.69. The number of anilines is 3. The van der Waals surface area contributed by atoms with Gasteiger partial charge in [-0.2, -0.15) is 4.98 Å². The largest absolute Gasteiger partial charge is 0.342 e. The number of carbonyl (C=O) groups excluding carboxylic acids is 2. The first-order valence-electron chi connectivity index (χ1n) is 9.99. The van der Waals surface area contributed by atoms with E-state index in [4.69, 9.17) is 0 Å². The van der Waals surface area contributed by atoms with Gasteiger partial charge >= 0.3 is 0 Å². The lowest BCUT2D eigenvalue weighted by Gasteiger charge is -2.29. The molecule has 8 nitrogen and oxygen atoms in total. The van der Waals surface area contributed by atoms with E-state index in [0.717, 1.165) is 43.5 Å². The highest BCUT2D eigenvalue weighted by molar-refractivity contribution is 6.04. The van der Waals surface area contributed by atoms with E-state index in [1.165, 1.54) is 0 Å². The van der Waals surface area contributed by atoms with Crippen LogP contribution < -0.4 is 21.1 Å². The van der Waals surface area contributed by atoms with E-state index in [-0.39, 0.29) is 35.2 Å². The van der Waals surface area contributed by atoms with Gasteiger partial charge in [0, 0.05) is 25.2 Å². The molecule has 1 unspecified atom stereocenters. The third-order valence-electron chi connectivity index (χ3n) is 5.40. The highest BCUT2D eigenvalue weighted by atomic mass is 16.2. The number of H-pyrrole nitrogens is 1. The van der Waals surface area contributed by atoms with E-state index in [1.807, 2.05) is 36.9 Å². The number of amides is 2. The van der Waals surface area contributed by atoms with Gasteiger partial charge in [0.2, 0.25) is 17.8 Å². The minimum atomic E-state index is -0.883. The Hall–Kier alpha value is -3.16. The van der Waals surface area contributed by atoms with Gasteiger partial charge in [-0.05, 0) is 56.4 Å². The lowest BCUT2D eigenvalue weighted by molar-refractivity contribution is -0.123. The predicted molar refractivity (Wildman–Crippen MR) is 111 cm³/mol. The van der Waals surface area contributed by atoms with Crippen LogP contribution in [0.2, 0.25) is 0 Å². The van der Waals surface area contributed by atoms with Crippen LogP contribution in [0.15, 0.2) is 23.0 Å². The zero-order chi connectivity index (χ0) is 20.5. The lowest BCUT2D eigenvalue weighted by Crippen LogP contribution is -2.38. The quantitative estimate of drug-likeness (QED) is 0.740. The highest BCUT2D eigenvalue weighted by Crippen LogP contribution is 2.30. The number of nitrogens with one attached hydrogen (secondary N) is 3. The monoisotopic (exact) mass is 395 g/mol. The third kappa shape index (κ3) is 4.01. The first-order valence-corrected chi connectivity index (χ1v) is 9.99. The predicted octanol–water partition coefficient (Wildman–Crippen LogP) is 2.44. The van der Waals surface area contributed by atoms with Crippen molar-refractivity contribution >= 4 is 29.3 Å². The van der Waals surface area contributed by atoms with Crippen molar-refractivity contribution in [3.05, 3.63) is 45.2 Å². The van der Waals surface area contributed by atoms with Gasteiger partial charge in [-0.1, -0.05) is 6.07 Å². The Morgan fingerprint density at radius 3 is 2.48 bits per heavy atom. The van der Waals surface area contributed by atoms with Gasteiger partial charge in [-0.25, -0.2) is 0 Å². The minimum absolute atomic E-state index is 0.0859. The molecule has 1 aromatic heterocycles. The standard InChI is InChI=1S/C21H25N5O3/c1-12-8-13(2)10-14(9-12)22-19(28)15-11-16(27)23-18-17(15)20(29)25-21(24-18)26-6-4-3-5-7-26/h8-10,15H,3-7,11H2,1-2H3,(H,22,28)(H2,23,24,25,27,29). The second-order valence-electron chi connectivity index (χ2n) is 7.87. The Balaban J connectivity index is 1.65. The summed E-state index contributed by atoms with van der Waals surface area (Å²) in [6.45, 7) is 5.52. The number of hydrogen-bond acceptors (Lipinski definition) is 5. The van der Waals surface area contributed by atoms with E-state index in [2.05, 4.69) is 20.6 Å². The summed E-state index contributed by atoms with van der Waals surface area (Å²) in [5.74, 6) is -0.952. The minimum Gasteiger partial charge on any atom is -0.342 e. The van der Waals surface area contributed by atoms with Crippen molar-refractivity contribution in [1.82, 2.24) is 9.97 Å². The van der Waals surface area contributed by atoms with Crippen LogP contribution in [-0.4, -0.2) is 34.9 Å². The average Bonchev–Trinajstić information content (AvgIpc) is 2.66. The Morgan fingerprint density at radius 2 is 1.79 bits per heavy atom. The van der Waals surface area contributed by atoms with Gasteiger partial charge in [-0.15, -0.1) is 0 Å². The van der Waals surface area contributed by atoms with E-state index < -0.39 is 5.92 Å². The third-order valence-corrected chi connectivity index (χ3v) is 5.40. The van der Waals surface area contributed by atoms with Crippen LogP contribution in [0, 0.1) is 13.8 Å². The molecular weight excluding hydrogens is 370 g/mol. The molecule has 1 aromatic carbocycles. The van der Waals surface area contributed by atoms with E-state index in [9.17, 15) is 14.4 Å². The summed E-state index contributed by atoms with van der Waals surface area (Å²) in [6, 6.07) is 5.73. The molecule has 8 heteroatoms. The SMILES string of the molecule is Cc1cc(C)cc(NC(=O)C2CC(=O)Nc3nc(N4CCCCC4)[nH]c(=O)c32)c1. The van der Waals surface area contributed by atoms with E-state index in [0.29, 0.717) is 11.6 Å². The van der Waals surface area contributed by atoms with Crippen LogP contribution in [0.1, 0.15) is 48.3 Å². The summed E-state index contributed by atoms with van der Waals surface area (Å²) >= 11 is 0. The number of fused-ring (bicyclic) bond motifs is 1. The van der Waals surface area contributed by atoms with Gasteiger partial charge in [0.05, 0.1) is 11.5 Å². The number of piperidine rings is 1. The van der Waals surface area contributed by atoms with Gasteiger partial charge in [0.1, 0.15) is 5.82 Å². The molecule has 2 aliphatic heterocycles. The number of aromatic amines is 1. The summed E-state index contributed by atoms with van der Waals surface area (Å²) in [5.41, 5.74) is 2.53. The Kier molecular flexibility index (Phi) is 5.08. The normalized spacial score (nSPS) is 18.8. The molecule has 4 rings (SSSR count). The van der Waals surface area contributed by atoms with Gasteiger partial charge in [0.15, 0.2) is 0 Å². The number of nitrogens with zero attached hydrogens (tertiary/aromatic N) is 2. The molecule has 2 aromatic rings. The topological polar surface area (TPSA) is 107 Å². The number of benzene rings is 1. The molecular formula is C21H25N5O3. The molecule has 0 spiro atoms. The number of rotatable bonds is 3. The van der Waals surface area contributed by atoms with Crippen molar-refractivity contribution < 1.29 is 9.59 Å². The maximum atomic E-state index is 13.0. The van der Waals surface area contributed by atoms with Crippen LogP contribution in [0.25, 0.3) is 0 Å². The molecule has 3 N–H and O–H groups in total. The van der Waals surface area contributed by atoms with Crippen molar-refractivity contribution in [2.75, 3.05) is 28.6 Å². The van der Waals surface area contributed by atoms with E-state index in [1.54, 1.807) is 0 Å². The maximum Gasteiger partial charge on any atom is 0.258 e. The van der Waals surface area contributed by atoms with Crippen molar-refractivity contribution in [3.63, 3.8) is 0 Å². The molecule has 1 atom stereocenters. The molecule has 0 aliphatic carbocycles. The summed E-state index contributed by atoms with van der Waals surface area (Å²) in [4.78, 5) is 47.4. The summed E-state index contributed by atoms with van der Waals surface area (Å²) in [6.07, 6.45) is 3.14. The molecule has 29 heavy (non-hydrogen) atoms.